The highest BCUT2D eigenvalue weighted by atomic mass is 35.5. The zero-order valence-corrected chi connectivity index (χ0v) is 17.1. The van der Waals surface area contributed by atoms with Crippen LogP contribution < -0.4 is 0 Å². The van der Waals surface area contributed by atoms with Crippen molar-refractivity contribution in [3.8, 4) is 0 Å². The molecule has 0 N–H and O–H groups in total. The van der Waals surface area contributed by atoms with Gasteiger partial charge in [-0.3, -0.25) is 4.79 Å². The molecule has 0 spiro atoms. The van der Waals surface area contributed by atoms with E-state index in [-0.39, 0.29) is 42.6 Å². The van der Waals surface area contributed by atoms with E-state index < -0.39 is 21.8 Å². The van der Waals surface area contributed by atoms with E-state index in [2.05, 4.69) is 5.10 Å². The van der Waals surface area contributed by atoms with Gasteiger partial charge < -0.3 is 4.74 Å². The molecule has 1 amide bonds. The predicted octanol–water partition coefficient (Wildman–Crippen LogP) is 2.76. The number of amides is 1. The number of rotatable bonds is 4. The molecule has 7 nitrogen and oxygen atoms in total. The highest BCUT2D eigenvalue weighted by Crippen LogP contribution is 2.35. The number of nitrogens with zero attached hydrogens (tertiary/aromatic N) is 2. The van der Waals surface area contributed by atoms with E-state index in [9.17, 15) is 18.0 Å². The van der Waals surface area contributed by atoms with Crippen molar-refractivity contribution in [1.29, 1.82) is 0 Å². The van der Waals surface area contributed by atoms with E-state index in [1.165, 1.54) is 11.3 Å². The fraction of sp³-hybridized carbons (Fsp3) is 0.389. The Kier molecular flexibility index (Phi) is 5.15. The molecule has 1 fully saturated rings. The second-order valence-corrected chi connectivity index (χ2v) is 10.5. The molecule has 0 radical (unpaired) electrons. The smallest absolute Gasteiger partial charge is 0.354 e. The maximum atomic E-state index is 12.4. The Balaban J connectivity index is 1.47. The van der Waals surface area contributed by atoms with Crippen LogP contribution in [0.3, 0.4) is 0 Å². The van der Waals surface area contributed by atoms with Crippen molar-refractivity contribution in [2.45, 2.75) is 31.9 Å². The number of hydrogen-bond acceptors (Lipinski definition) is 7. The maximum absolute atomic E-state index is 12.4. The molecule has 148 valence electrons. The van der Waals surface area contributed by atoms with Crippen LogP contribution in [0, 0.1) is 0 Å². The van der Waals surface area contributed by atoms with Gasteiger partial charge in [-0.25, -0.2) is 18.2 Å². The summed E-state index contributed by atoms with van der Waals surface area (Å²) < 4.78 is 29.7. The lowest BCUT2D eigenvalue weighted by Gasteiger charge is -2.27. The average molecular weight is 441 g/mol. The molecule has 1 unspecified atom stereocenters. The molecule has 4 rings (SSSR count). The van der Waals surface area contributed by atoms with Crippen LogP contribution in [0.2, 0.25) is 5.02 Å². The number of thiophene rings is 1. The first-order valence-electron chi connectivity index (χ1n) is 8.77. The number of hydrogen-bond donors (Lipinski definition) is 0. The summed E-state index contributed by atoms with van der Waals surface area (Å²) in [7, 11) is -3.16. The molecule has 10 heteroatoms. The lowest BCUT2D eigenvalue weighted by atomic mass is 10.1. The minimum absolute atomic E-state index is 0.0157. The molecule has 3 heterocycles. The monoisotopic (exact) mass is 440 g/mol. The maximum Gasteiger partial charge on any atom is 0.354 e. The standard InChI is InChI=1S/C18H17ClN2O5S2/c19-17-12-3-1-2-4-14(12)27-15(17)9-26-18(23)13-5-6-16(22)21(20-13)11-7-8-28(24,25)10-11/h1-4,11H,5-10H2. The number of esters is 1. The van der Waals surface area contributed by atoms with Crippen LogP contribution in [0.1, 0.15) is 24.1 Å². The molecule has 0 bridgehead atoms. The Labute approximate surface area is 170 Å². The van der Waals surface area contributed by atoms with Crippen molar-refractivity contribution in [3.05, 3.63) is 34.2 Å². The van der Waals surface area contributed by atoms with Gasteiger partial charge in [0.2, 0.25) is 5.91 Å². The van der Waals surface area contributed by atoms with Crippen molar-refractivity contribution >= 4 is 60.4 Å². The summed E-state index contributed by atoms with van der Waals surface area (Å²) in [4.78, 5) is 25.3. The predicted molar refractivity (Wildman–Crippen MR) is 107 cm³/mol. The van der Waals surface area contributed by atoms with Gasteiger partial charge in [0.1, 0.15) is 12.3 Å². The summed E-state index contributed by atoms with van der Waals surface area (Å²) in [6.45, 7) is 0.0157. The average Bonchev–Trinajstić information content (AvgIpc) is 3.19. The van der Waals surface area contributed by atoms with E-state index >= 15 is 0 Å². The molecule has 1 atom stereocenters. The third-order valence-corrected chi connectivity index (χ3v) is 8.22. The zero-order valence-electron chi connectivity index (χ0n) is 14.8. The van der Waals surface area contributed by atoms with E-state index in [1.807, 2.05) is 24.3 Å². The fourth-order valence-corrected chi connectivity index (χ4v) is 6.44. The van der Waals surface area contributed by atoms with Gasteiger partial charge in [-0.2, -0.15) is 5.10 Å². The van der Waals surface area contributed by atoms with Crippen molar-refractivity contribution in [2.24, 2.45) is 5.10 Å². The summed E-state index contributed by atoms with van der Waals surface area (Å²) in [6.07, 6.45) is 0.610. The molecule has 0 aliphatic carbocycles. The number of sulfone groups is 1. The molecule has 1 aromatic heterocycles. The first kappa shape index (κ1) is 19.4. The van der Waals surface area contributed by atoms with Crippen molar-refractivity contribution in [1.82, 2.24) is 5.01 Å². The van der Waals surface area contributed by atoms with Crippen LogP contribution in [0.5, 0.6) is 0 Å². The van der Waals surface area contributed by atoms with Gasteiger partial charge in [-0.05, 0) is 12.5 Å². The molecular weight excluding hydrogens is 424 g/mol. The quantitative estimate of drug-likeness (QED) is 0.681. The Morgan fingerprint density at radius 2 is 2.11 bits per heavy atom. The van der Waals surface area contributed by atoms with Crippen molar-refractivity contribution < 1.29 is 22.7 Å². The number of hydrazone groups is 1. The molecule has 1 saturated heterocycles. The second kappa shape index (κ2) is 7.46. The number of halogens is 1. The van der Waals surface area contributed by atoms with Crippen molar-refractivity contribution in [3.63, 3.8) is 0 Å². The molecule has 2 aliphatic heterocycles. The van der Waals surface area contributed by atoms with E-state index in [0.717, 1.165) is 20.0 Å². The summed E-state index contributed by atoms with van der Waals surface area (Å²) in [6, 6.07) is 7.14. The fourth-order valence-electron chi connectivity index (χ4n) is 3.34. The van der Waals surface area contributed by atoms with Gasteiger partial charge in [-0.1, -0.05) is 29.8 Å². The van der Waals surface area contributed by atoms with E-state index in [1.54, 1.807) is 0 Å². The van der Waals surface area contributed by atoms with E-state index in [4.69, 9.17) is 16.3 Å². The lowest BCUT2D eigenvalue weighted by molar-refractivity contribution is -0.138. The topological polar surface area (TPSA) is 93.1 Å². The molecule has 0 saturated carbocycles. The summed E-state index contributed by atoms with van der Waals surface area (Å²) >= 11 is 7.81. The van der Waals surface area contributed by atoms with Gasteiger partial charge in [-0.15, -0.1) is 11.3 Å². The summed E-state index contributed by atoms with van der Waals surface area (Å²) in [5.41, 5.74) is 0.126. The number of benzene rings is 1. The van der Waals surface area contributed by atoms with Crippen LogP contribution in [-0.4, -0.2) is 48.6 Å². The number of carbonyl (C=O) groups excluding carboxylic acids is 2. The summed E-state index contributed by atoms with van der Waals surface area (Å²) in [5, 5.41) is 6.74. The first-order chi connectivity index (χ1) is 13.3. The van der Waals surface area contributed by atoms with Crippen LogP contribution in [-0.2, 0) is 30.8 Å². The third kappa shape index (κ3) is 3.78. The Morgan fingerprint density at radius 3 is 2.82 bits per heavy atom. The highest BCUT2D eigenvalue weighted by molar-refractivity contribution is 7.91. The minimum atomic E-state index is -3.16. The normalized spacial score (nSPS) is 21.8. The van der Waals surface area contributed by atoms with E-state index in [0.29, 0.717) is 11.4 Å². The molecule has 2 aliphatic rings. The van der Waals surface area contributed by atoms with Gasteiger partial charge >= 0.3 is 5.97 Å². The SMILES string of the molecule is O=C(OCc1sc2ccccc2c1Cl)C1=NN(C2CCS(=O)(=O)C2)C(=O)CC1. The molecule has 1 aromatic carbocycles. The zero-order chi connectivity index (χ0) is 19.9. The number of fused-ring (bicyclic) bond motifs is 1. The van der Waals surface area contributed by atoms with Crippen LogP contribution in [0.15, 0.2) is 29.4 Å². The molecule has 28 heavy (non-hydrogen) atoms. The van der Waals surface area contributed by atoms with Crippen LogP contribution in [0.4, 0.5) is 0 Å². The first-order valence-corrected chi connectivity index (χ1v) is 11.8. The lowest BCUT2D eigenvalue weighted by Crippen LogP contribution is -2.42. The van der Waals surface area contributed by atoms with Crippen molar-refractivity contribution in [2.75, 3.05) is 11.5 Å². The third-order valence-electron chi connectivity index (χ3n) is 4.79. The van der Waals surface area contributed by atoms with Crippen LogP contribution in [0.25, 0.3) is 10.1 Å². The Hall–Kier alpha value is -1.97. The van der Waals surface area contributed by atoms with Gasteiger partial charge in [0, 0.05) is 22.9 Å². The second-order valence-electron chi connectivity index (χ2n) is 6.75. The highest BCUT2D eigenvalue weighted by Gasteiger charge is 2.37. The Bertz CT molecular complexity index is 1090. The largest absolute Gasteiger partial charge is 0.455 e. The van der Waals surface area contributed by atoms with Gasteiger partial charge in [0.15, 0.2) is 9.84 Å². The van der Waals surface area contributed by atoms with Gasteiger partial charge in [0.05, 0.1) is 27.4 Å². The number of ether oxygens (including phenoxy) is 1. The van der Waals surface area contributed by atoms with Gasteiger partial charge in [0.25, 0.3) is 0 Å². The number of carbonyl (C=O) groups is 2. The molecule has 2 aromatic rings. The summed E-state index contributed by atoms with van der Waals surface area (Å²) in [5.74, 6) is -0.985. The minimum Gasteiger partial charge on any atom is -0.455 e. The van der Waals surface area contributed by atoms with Crippen LogP contribution >= 0.6 is 22.9 Å². The molecular formula is C18H17ClN2O5S2. The Morgan fingerprint density at radius 1 is 1.32 bits per heavy atom.